The van der Waals surface area contributed by atoms with Crippen molar-refractivity contribution in [1.29, 1.82) is 10.8 Å². The summed E-state index contributed by atoms with van der Waals surface area (Å²) in [6.45, 7) is -1.05. The van der Waals surface area contributed by atoms with Crippen molar-refractivity contribution >= 4 is 12.2 Å². The molecule has 0 amide bonds. The summed E-state index contributed by atoms with van der Waals surface area (Å²) in [6, 6.07) is 0. The number of hydrogen-bond acceptors (Lipinski definition) is 8. The molecule has 0 aliphatic carbocycles. The van der Waals surface area contributed by atoms with E-state index in [0.29, 0.717) is 0 Å². The van der Waals surface area contributed by atoms with Crippen LogP contribution in [0.3, 0.4) is 0 Å². The Kier molecular flexibility index (Phi) is 23.2. The molecule has 0 bridgehead atoms. The van der Waals surface area contributed by atoms with Crippen LogP contribution in [0, 0.1) is 10.8 Å². The lowest BCUT2D eigenvalue weighted by molar-refractivity contribution is -0.0388. The fraction of sp³-hybridized carbons (Fsp3) is 0.667. The zero-order valence-electron chi connectivity index (χ0n) is 7.17. The fourth-order valence-corrected chi connectivity index (χ4v) is 0.243. The van der Waals surface area contributed by atoms with Crippen LogP contribution in [0.1, 0.15) is 0 Å². The average Bonchev–Trinajstić information content (AvgIpc) is 2.18. The highest BCUT2D eigenvalue weighted by Crippen LogP contribution is 1.88. The molecule has 0 rings (SSSR count). The monoisotopic (exact) mass is 208 g/mol. The molecule has 82 valence electrons. The van der Waals surface area contributed by atoms with Crippen molar-refractivity contribution in [3.05, 3.63) is 0 Å². The van der Waals surface area contributed by atoms with E-state index in [1.807, 2.05) is 0 Å². The Morgan fingerprint density at radius 2 is 1.07 bits per heavy atom. The lowest BCUT2D eigenvalue weighted by atomic mass is 10.2. The second-order valence-corrected chi connectivity index (χ2v) is 1.70. The lowest BCUT2D eigenvalue weighted by Gasteiger charge is -2.10. The van der Waals surface area contributed by atoms with E-state index >= 15 is 0 Å². The Bertz CT molecular complexity index is 153. The molecular weight excluding hydrogens is 196 g/mol. The molecule has 0 heterocycles. The Labute approximate surface area is 79.4 Å². The second-order valence-electron chi connectivity index (χ2n) is 1.70. The van der Waals surface area contributed by atoms with Crippen molar-refractivity contribution in [2.75, 3.05) is 13.2 Å². The van der Waals surface area contributed by atoms with Gasteiger partial charge in [-0.15, -0.1) is 0 Å². The third kappa shape index (κ3) is 22.4. The number of nitrogens with one attached hydrogen (secondary N) is 2. The lowest BCUT2D eigenvalue weighted by Crippen LogP contribution is -2.31. The van der Waals surface area contributed by atoms with E-state index < -0.39 is 25.4 Å². The van der Waals surface area contributed by atoms with E-state index in [-0.39, 0.29) is 0 Å². The average molecular weight is 208 g/mol. The van der Waals surface area contributed by atoms with Crippen molar-refractivity contribution in [3.63, 3.8) is 0 Å². The maximum atomic E-state index is 8.47. The minimum Gasteiger partial charge on any atom is -0.394 e. The van der Waals surface area contributed by atoms with Gasteiger partial charge in [0.05, 0.1) is 13.2 Å². The maximum absolute atomic E-state index is 8.47. The van der Waals surface area contributed by atoms with Crippen molar-refractivity contribution in [1.82, 2.24) is 0 Å². The molecular formula is C6H12N2O6. The van der Waals surface area contributed by atoms with E-state index in [1.165, 1.54) is 0 Å². The van der Waals surface area contributed by atoms with Crippen molar-refractivity contribution in [2.24, 2.45) is 0 Å². The predicted molar refractivity (Wildman–Crippen MR) is 43.0 cm³/mol. The predicted octanol–water partition coefficient (Wildman–Crippen LogP) is -2.51. The largest absolute Gasteiger partial charge is 0.394 e. The Morgan fingerprint density at radius 3 is 1.14 bits per heavy atom. The smallest absolute Gasteiger partial charge is 0.231 e. The van der Waals surface area contributed by atoms with E-state index in [4.69, 9.17) is 40.8 Å². The van der Waals surface area contributed by atoms with Crippen LogP contribution in [0.25, 0.3) is 0 Å². The van der Waals surface area contributed by atoms with Crippen molar-refractivity contribution in [3.8, 4) is 0 Å². The van der Waals surface area contributed by atoms with E-state index in [0.717, 1.165) is 12.2 Å². The van der Waals surface area contributed by atoms with Gasteiger partial charge >= 0.3 is 0 Å². The van der Waals surface area contributed by atoms with E-state index in [2.05, 4.69) is 0 Å². The van der Waals surface area contributed by atoms with Crippen LogP contribution in [0.5, 0.6) is 0 Å². The number of aliphatic hydroxyl groups is 4. The quantitative estimate of drug-likeness (QED) is 0.221. The van der Waals surface area contributed by atoms with Crippen LogP contribution < -0.4 is 0 Å². The van der Waals surface area contributed by atoms with Gasteiger partial charge in [0.1, 0.15) is 12.2 Å². The third-order valence-corrected chi connectivity index (χ3v) is 0.818. The molecule has 2 atom stereocenters. The molecule has 2 unspecified atom stereocenters. The summed E-state index contributed by atoms with van der Waals surface area (Å²) in [7, 11) is 0. The standard InChI is InChI=1S/C4H10O4.2CHNO/c5-1-3(7)4(8)2-6;2*2-1-3/h3-8H,1-2H2;2*2H. The van der Waals surface area contributed by atoms with Gasteiger partial charge in [-0.25, -0.2) is 20.4 Å². The number of isocyanates is 2. The van der Waals surface area contributed by atoms with E-state index in [9.17, 15) is 0 Å². The van der Waals surface area contributed by atoms with Gasteiger partial charge in [0, 0.05) is 0 Å². The van der Waals surface area contributed by atoms with Gasteiger partial charge in [0.25, 0.3) is 0 Å². The summed E-state index contributed by atoms with van der Waals surface area (Å²) < 4.78 is 0. The van der Waals surface area contributed by atoms with Gasteiger partial charge in [-0.3, -0.25) is 0 Å². The normalized spacial score (nSPS) is 11.4. The first kappa shape index (κ1) is 18.4. The van der Waals surface area contributed by atoms with Gasteiger partial charge in [-0.1, -0.05) is 0 Å². The topological polar surface area (TPSA) is 163 Å². The molecule has 8 nitrogen and oxygen atoms in total. The molecule has 0 aliphatic heterocycles. The number of carbonyl (C=O) groups excluding carboxylic acids is 2. The SMILES string of the molecule is N=C=O.N=C=O.OCC(O)C(O)CO. The minimum atomic E-state index is -1.22. The van der Waals surface area contributed by atoms with Crippen molar-refractivity contribution in [2.45, 2.75) is 12.2 Å². The first-order valence-electron chi connectivity index (χ1n) is 3.21. The summed E-state index contributed by atoms with van der Waals surface area (Å²) in [4.78, 5) is 16.7. The van der Waals surface area contributed by atoms with Gasteiger partial charge < -0.3 is 20.4 Å². The molecule has 8 heteroatoms. The van der Waals surface area contributed by atoms with Crippen LogP contribution in [0.15, 0.2) is 0 Å². The second kappa shape index (κ2) is 17.6. The highest BCUT2D eigenvalue weighted by molar-refractivity contribution is 5.26. The minimum absolute atomic E-state index is 0.526. The van der Waals surface area contributed by atoms with Crippen LogP contribution >= 0.6 is 0 Å². The van der Waals surface area contributed by atoms with Gasteiger partial charge in [-0.05, 0) is 0 Å². The molecule has 0 radical (unpaired) electrons. The fourth-order valence-electron chi connectivity index (χ4n) is 0.243. The molecule has 0 aliphatic rings. The first-order chi connectivity index (χ1) is 6.55. The van der Waals surface area contributed by atoms with Gasteiger partial charge in [-0.2, -0.15) is 0 Å². The summed E-state index contributed by atoms with van der Waals surface area (Å²) in [5.41, 5.74) is 0. The van der Waals surface area contributed by atoms with Crippen molar-refractivity contribution < 1.29 is 30.0 Å². The molecule has 0 aromatic rings. The summed E-state index contributed by atoms with van der Waals surface area (Å²) >= 11 is 0. The van der Waals surface area contributed by atoms with Crippen LogP contribution in [-0.2, 0) is 9.59 Å². The van der Waals surface area contributed by atoms with Gasteiger partial charge in [0.15, 0.2) is 0 Å². The summed E-state index contributed by atoms with van der Waals surface area (Å²) in [6.07, 6.45) is -0.944. The first-order valence-corrected chi connectivity index (χ1v) is 3.21. The number of rotatable bonds is 3. The van der Waals surface area contributed by atoms with Crippen LogP contribution in [0.4, 0.5) is 0 Å². The molecule has 0 fully saturated rings. The molecule has 0 saturated carbocycles. The molecule has 0 aromatic carbocycles. The Hall–Kier alpha value is -1.40. The highest BCUT2D eigenvalue weighted by Gasteiger charge is 2.12. The van der Waals surface area contributed by atoms with E-state index in [1.54, 1.807) is 0 Å². The number of aliphatic hydroxyl groups excluding tert-OH is 4. The molecule has 0 saturated heterocycles. The zero-order valence-corrected chi connectivity index (χ0v) is 7.17. The molecule has 0 aromatic heterocycles. The number of hydrogen-bond donors (Lipinski definition) is 6. The highest BCUT2D eigenvalue weighted by atomic mass is 16.4. The summed E-state index contributed by atoms with van der Waals surface area (Å²) in [5.74, 6) is 0. The van der Waals surface area contributed by atoms with Crippen LogP contribution in [0.2, 0.25) is 0 Å². The Morgan fingerprint density at radius 1 is 0.929 bits per heavy atom. The third-order valence-electron chi connectivity index (χ3n) is 0.818. The molecule has 14 heavy (non-hydrogen) atoms. The zero-order chi connectivity index (χ0) is 12.0. The van der Waals surface area contributed by atoms with Crippen LogP contribution in [-0.4, -0.2) is 58.0 Å². The molecule has 0 spiro atoms. The Balaban J connectivity index is -0.000000168. The summed E-state index contributed by atoms with van der Waals surface area (Å²) in [5, 5.41) is 44.0. The molecule has 6 N–H and O–H groups in total. The maximum Gasteiger partial charge on any atom is 0.231 e. The van der Waals surface area contributed by atoms with Gasteiger partial charge in [0.2, 0.25) is 12.2 Å².